The molecule has 0 atom stereocenters. The van der Waals surface area contributed by atoms with Gasteiger partial charge < -0.3 is 14.2 Å². The molecule has 0 saturated carbocycles. The third kappa shape index (κ3) is 2.58. The summed E-state index contributed by atoms with van der Waals surface area (Å²) >= 11 is 5.83. The van der Waals surface area contributed by atoms with Crippen LogP contribution >= 0.6 is 11.6 Å². The Morgan fingerprint density at radius 2 is 2.11 bits per heavy atom. The number of hydrogen-bond donors (Lipinski definition) is 0. The van der Waals surface area contributed by atoms with Crippen LogP contribution in [0.15, 0.2) is 36.5 Å². The molecule has 98 valence electrons. The maximum atomic E-state index is 5.83. The fraction of sp³-hybridized carbons (Fsp3) is 0.214. The minimum atomic E-state index is 0.274. The summed E-state index contributed by atoms with van der Waals surface area (Å²) in [5, 5.41) is 0. The zero-order valence-corrected chi connectivity index (χ0v) is 10.9. The Hall–Kier alpha value is -1.94. The molecule has 0 aliphatic carbocycles. The van der Waals surface area contributed by atoms with E-state index in [2.05, 4.69) is 4.98 Å². The van der Waals surface area contributed by atoms with E-state index in [1.165, 1.54) is 0 Å². The molecule has 1 aliphatic rings. The van der Waals surface area contributed by atoms with Crippen molar-refractivity contribution in [1.82, 2.24) is 4.98 Å². The Morgan fingerprint density at radius 3 is 3.00 bits per heavy atom. The molecule has 0 saturated heterocycles. The zero-order valence-electron chi connectivity index (χ0n) is 10.1. The van der Waals surface area contributed by atoms with Gasteiger partial charge in [0.15, 0.2) is 11.5 Å². The van der Waals surface area contributed by atoms with Gasteiger partial charge in [-0.15, -0.1) is 11.6 Å². The highest BCUT2D eigenvalue weighted by molar-refractivity contribution is 6.17. The van der Waals surface area contributed by atoms with Gasteiger partial charge in [0.25, 0.3) is 0 Å². The molecule has 1 aromatic heterocycles. The Bertz CT molecular complexity index is 589. The van der Waals surface area contributed by atoms with Crippen LogP contribution < -0.4 is 14.2 Å². The van der Waals surface area contributed by atoms with Gasteiger partial charge in [-0.05, 0) is 23.8 Å². The quantitative estimate of drug-likeness (QED) is 0.805. The standard InChI is InChI=1S/C14H12ClNO3/c15-7-11-2-1-5-16-14(11)17-8-10-3-4-12-13(6-10)19-9-18-12/h1-6H,7-9H2. The number of hydrogen-bond acceptors (Lipinski definition) is 4. The average Bonchev–Trinajstić information content (AvgIpc) is 2.93. The van der Waals surface area contributed by atoms with Gasteiger partial charge in [-0.1, -0.05) is 12.1 Å². The van der Waals surface area contributed by atoms with E-state index in [0.717, 1.165) is 22.6 Å². The highest BCUT2D eigenvalue weighted by Gasteiger charge is 2.13. The Kier molecular flexibility index (Phi) is 3.42. The van der Waals surface area contributed by atoms with Gasteiger partial charge >= 0.3 is 0 Å². The van der Waals surface area contributed by atoms with Crippen molar-refractivity contribution in [3.63, 3.8) is 0 Å². The van der Waals surface area contributed by atoms with E-state index in [-0.39, 0.29) is 6.79 Å². The van der Waals surface area contributed by atoms with E-state index in [9.17, 15) is 0 Å². The van der Waals surface area contributed by atoms with Crippen LogP contribution in [0.5, 0.6) is 17.4 Å². The normalized spacial score (nSPS) is 12.5. The summed E-state index contributed by atoms with van der Waals surface area (Å²) < 4.78 is 16.3. The van der Waals surface area contributed by atoms with Gasteiger partial charge in [-0.25, -0.2) is 4.98 Å². The topological polar surface area (TPSA) is 40.6 Å². The lowest BCUT2D eigenvalue weighted by atomic mass is 10.2. The summed E-state index contributed by atoms with van der Waals surface area (Å²) in [6.45, 7) is 0.688. The van der Waals surface area contributed by atoms with Crippen molar-refractivity contribution in [2.24, 2.45) is 0 Å². The molecule has 0 unspecified atom stereocenters. The van der Waals surface area contributed by atoms with Crippen molar-refractivity contribution in [2.75, 3.05) is 6.79 Å². The molecular formula is C14H12ClNO3. The fourth-order valence-corrected chi connectivity index (χ4v) is 2.04. The second-order valence-electron chi connectivity index (χ2n) is 4.08. The van der Waals surface area contributed by atoms with E-state index >= 15 is 0 Å². The third-order valence-corrected chi connectivity index (χ3v) is 3.09. The first-order chi connectivity index (χ1) is 9.36. The lowest BCUT2D eigenvalue weighted by Crippen LogP contribution is -1.99. The highest BCUT2D eigenvalue weighted by Crippen LogP contribution is 2.32. The summed E-state index contributed by atoms with van der Waals surface area (Å²) in [5.41, 5.74) is 1.88. The predicted octanol–water partition coefficient (Wildman–Crippen LogP) is 3.13. The average molecular weight is 278 g/mol. The van der Waals surface area contributed by atoms with Gasteiger partial charge in [0.05, 0.1) is 5.88 Å². The highest BCUT2D eigenvalue weighted by atomic mass is 35.5. The lowest BCUT2D eigenvalue weighted by molar-refractivity contribution is 0.174. The van der Waals surface area contributed by atoms with E-state index in [4.69, 9.17) is 25.8 Å². The second-order valence-corrected chi connectivity index (χ2v) is 4.34. The molecule has 3 rings (SSSR count). The number of alkyl halides is 1. The lowest BCUT2D eigenvalue weighted by Gasteiger charge is -2.08. The first-order valence-electron chi connectivity index (χ1n) is 5.88. The molecule has 1 aliphatic heterocycles. The van der Waals surface area contributed by atoms with Crippen molar-refractivity contribution < 1.29 is 14.2 Å². The van der Waals surface area contributed by atoms with Gasteiger partial charge in [-0.2, -0.15) is 0 Å². The molecule has 0 fully saturated rings. The molecule has 0 bridgehead atoms. The van der Waals surface area contributed by atoms with Crippen molar-refractivity contribution in [2.45, 2.75) is 12.5 Å². The monoisotopic (exact) mass is 277 g/mol. The first-order valence-corrected chi connectivity index (χ1v) is 6.41. The van der Waals surface area contributed by atoms with Gasteiger partial charge in [0.2, 0.25) is 12.7 Å². The number of nitrogens with zero attached hydrogens (tertiary/aromatic N) is 1. The third-order valence-electron chi connectivity index (χ3n) is 2.81. The maximum Gasteiger partial charge on any atom is 0.231 e. The molecular weight excluding hydrogens is 266 g/mol. The number of benzene rings is 1. The van der Waals surface area contributed by atoms with Crippen LogP contribution in [0.25, 0.3) is 0 Å². The van der Waals surface area contributed by atoms with E-state index < -0.39 is 0 Å². The maximum absolute atomic E-state index is 5.83. The number of aromatic nitrogens is 1. The van der Waals surface area contributed by atoms with Crippen molar-refractivity contribution in [3.8, 4) is 17.4 Å². The van der Waals surface area contributed by atoms with Gasteiger partial charge in [0.1, 0.15) is 6.61 Å². The van der Waals surface area contributed by atoms with E-state index in [1.807, 2.05) is 30.3 Å². The summed E-state index contributed by atoms with van der Waals surface area (Å²) in [6, 6.07) is 9.46. The van der Waals surface area contributed by atoms with Crippen LogP contribution in [0.3, 0.4) is 0 Å². The van der Waals surface area contributed by atoms with Crippen LogP contribution in [0.4, 0.5) is 0 Å². The van der Waals surface area contributed by atoms with Crippen molar-refractivity contribution >= 4 is 11.6 Å². The molecule has 5 heteroatoms. The number of halogens is 1. The van der Waals surface area contributed by atoms with Crippen LogP contribution in [0.1, 0.15) is 11.1 Å². The first kappa shape index (κ1) is 12.1. The van der Waals surface area contributed by atoms with Crippen LogP contribution in [-0.4, -0.2) is 11.8 Å². The minimum Gasteiger partial charge on any atom is -0.473 e. The number of ether oxygens (including phenoxy) is 3. The Morgan fingerprint density at radius 1 is 1.21 bits per heavy atom. The Balaban J connectivity index is 1.72. The molecule has 2 heterocycles. The zero-order chi connectivity index (χ0) is 13.1. The number of pyridine rings is 1. The number of rotatable bonds is 4. The molecule has 0 radical (unpaired) electrons. The summed E-state index contributed by atoms with van der Waals surface area (Å²) in [7, 11) is 0. The fourth-order valence-electron chi connectivity index (χ4n) is 1.84. The van der Waals surface area contributed by atoms with Crippen LogP contribution in [-0.2, 0) is 12.5 Å². The minimum absolute atomic E-state index is 0.274. The molecule has 0 amide bonds. The van der Waals surface area contributed by atoms with E-state index in [0.29, 0.717) is 18.4 Å². The summed E-state index contributed by atoms with van der Waals surface area (Å²) in [4.78, 5) is 4.17. The Labute approximate surface area is 115 Å². The SMILES string of the molecule is ClCc1cccnc1OCc1ccc2c(c1)OCO2. The second kappa shape index (κ2) is 5.36. The van der Waals surface area contributed by atoms with Crippen LogP contribution in [0.2, 0.25) is 0 Å². The number of fused-ring (bicyclic) bond motifs is 1. The molecule has 19 heavy (non-hydrogen) atoms. The van der Waals surface area contributed by atoms with Crippen LogP contribution in [0, 0.1) is 0 Å². The van der Waals surface area contributed by atoms with Gasteiger partial charge in [0, 0.05) is 11.8 Å². The molecule has 0 N–H and O–H groups in total. The smallest absolute Gasteiger partial charge is 0.231 e. The summed E-state index contributed by atoms with van der Waals surface area (Å²) in [5.74, 6) is 2.46. The molecule has 2 aromatic rings. The van der Waals surface area contributed by atoms with Crippen molar-refractivity contribution in [1.29, 1.82) is 0 Å². The summed E-state index contributed by atoms with van der Waals surface area (Å²) in [6.07, 6.45) is 1.69. The molecule has 0 spiro atoms. The van der Waals surface area contributed by atoms with Crippen molar-refractivity contribution in [3.05, 3.63) is 47.7 Å². The molecule has 4 nitrogen and oxygen atoms in total. The predicted molar refractivity (Wildman–Crippen MR) is 70.7 cm³/mol. The van der Waals surface area contributed by atoms with E-state index in [1.54, 1.807) is 6.20 Å². The van der Waals surface area contributed by atoms with Gasteiger partial charge in [-0.3, -0.25) is 0 Å². The molecule has 1 aromatic carbocycles. The largest absolute Gasteiger partial charge is 0.473 e.